The molecule has 1 N–H and O–H groups in total. The van der Waals surface area contributed by atoms with Gasteiger partial charge in [-0.15, -0.1) is 22.7 Å². The first-order valence-corrected chi connectivity index (χ1v) is 11.2. The van der Waals surface area contributed by atoms with Crippen LogP contribution in [-0.4, -0.2) is 41.9 Å². The molecule has 8 heteroatoms. The molecule has 28 heavy (non-hydrogen) atoms. The van der Waals surface area contributed by atoms with Crippen molar-refractivity contribution in [3.05, 3.63) is 28.5 Å². The van der Waals surface area contributed by atoms with E-state index in [0.29, 0.717) is 22.7 Å². The maximum Gasteiger partial charge on any atom is 0.342 e. The molecule has 0 aliphatic carbocycles. The van der Waals surface area contributed by atoms with Crippen molar-refractivity contribution in [2.24, 2.45) is 0 Å². The smallest absolute Gasteiger partial charge is 0.342 e. The van der Waals surface area contributed by atoms with Crippen molar-refractivity contribution in [3.63, 3.8) is 0 Å². The number of ether oxygens (including phenoxy) is 1. The van der Waals surface area contributed by atoms with Gasteiger partial charge in [0.2, 0.25) is 5.91 Å². The molecule has 0 aromatic carbocycles. The third-order valence-electron chi connectivity index (χ3n) is 4.82. The SMILES string of the molecule is CC[C@@H]1CCCCN1C(=O)COC(=O)c1c(-c2cccs2)csc1NC(C)=O. The van der Waals surface area contributed by atoms with Crippen LogP contribution in [0, 0.1) is 0 Å². The first-order valence-electron chi connectivity index (χ1n) is 9.40. The quantitative estimate of drug-likeness (QED) is 0.704. The van der Waals surface area contributed by atoms with Gasteiger partial charge in [-0.05, 0) is 37.1 Å². The second kappa shape index (κ2) is 9.34. The highest BCUT2D eigenvalue weighted by Crippen LogP contribution is 2.38. The first kappa shape index (κ1) is 20.5. The number of thiophene rings is 2. The van der Waals surface area contributed by atoms with Crippen molar-refractivity contribution in [3.8, 4) is 10.4 Å². The second-order valence-corrected chi connectivity index (χ2v) is 8.56. The zero-order valence-electron chi connectivity index (χ0n) is 16.0. The molecule has 6 nitrogen and oxygen atoms in total. The Morgan fingerprint density at radius 3 is 2.79 bits per heavy atom. The molecule has 1 fully saturated rings. The van der Waals surface area contributed by atoms with Crippen molar-refractivity contribution >= 4 is 45.5 Å². The molecule has 1 saturated heterocycles. The van der Waals surface area contributed by atoms with Crippen LogP contribution in [0.1, 0.15) is 49.9 Å². The van der Waals surface area contributed by atoms with E-state index in [2.05, 4.69) is 12.2 Å². The van der Waals surface area contributed by atoms with E-state index in [1.54, 1.807) is 0 Å². The van der Waals surface area contributed by atoms with Crippen LogP contribution >= 0.6 is 22.7 Å². The maximum atomic E-state index is 12.8. The standard InChI is InChI=1S/C20H24N2O4S2/c1-3-14-7-4-5-9-22(14)17(24)11-26-20(25)18-15(16-8-6-10-27-16)12-28-19(18)21-13(2)23/h6,8,10,12,14H,3-5,7,9,11H2,1-2H3,(H,21,23)/t14-/m1/s1. The molecule has 0 saturated carbocycles. The Balaban J connectivity index is 1.75. The number of nitrogens with one attached hydrogen (secondary N) is 1. The number of piperidine rings is 1. The van der Waals surface area contributed by atoms with E-state index in [0.717, 1.165) is 30.6 Å². The van der Waals surface area contributed by atoms with Gasteiger partial charge in [-0.25, -0.2) is 4.79 Å². The number of likely N-dealkylation sites (tertiary alicyclic amines) is 1. The Hall–Kier alpha value is -2.19. The molecule has 1 aliphatic heterocycles. The number of anilines is 1. The zero-order valence-corrected chi connectivity index (χ0v) is 17.7. The molecule has 1 atom stereocenters. The average molecular weight is 421 g/mol. The van der Waals surface area contributed by atoms with Crippen LogP contribution in [0.3, 0.4) is 0 Å². The van der Waals surface area contributed by atoms with E-state index >= 15 is 0 Å². The van der Waals surface area contributed by atoms with Crippen LogP contribution < -0.4 is 5.32 Å². The van der Waals surface area contributed by atoms with Crippen LogP contribution in [0.25, 0.3) is 10.4 Å². The minimum absolute atomic E-state index is 0.158. The first-order chi connectivity index (χ1) is 13.5. The summed E-state index contributed by atoms with van der Waals surface area (Å²) in [6, 6.07) is 4.03. The lowest BCUT2D eigenvalue weighted by molar-refractivity contribution is -0.138. The third kappa shape index (κ3) is 4.62. The van der Waals surface area contributed by atoms with Gasteiger partial charge < -0.3 is 15.0 Å². The maximum absolute atomic E-state index is 12.8. The van der Waals surface area contributed by atoms with Gasteiger partial charge in [-0.3, -0.25) is 9.59 Å². The summed E-state index contributed by atoms with van der Waals surface area (Å²) in [6.07, 6.45) is 4.01. The van der Waals surface area contributed by atoms with E-state index in [4.69, 9.17) is 4.74 Å². The summed E-state index contributed by atoms with van der Waals surface area (Å²) in [4.78, 5) is 39.7. The summed E-state index contributed by atoms with van der Waals surface area (Å²) in [7, 11) is 0. The highest BCUT2D eigenvalue weighted by Gasteiger charge is 2.28. The van der Waals surface area contributed by atoms with E-state index in [-0.39, 0.29) is 24.5 Å². The molecule has 0 spiro atoms. The largest absolute Gasteiger partial charge is 0.452 e. The van der Waals surface area contributed by atoms with Gasteiger partial charge >= 0.3 is 5.97 Å². The predicted octanol–water partition coefficient (Wildman–Crippen LogP) is 4.38. The Kier molecular flexibility index (Phi) is 6.85. The number of hydrogen-bond donors (Lipinski definition) is 1. The molecular formula is C20H24N2O4S2. The van der Waals surface area contributed by atoms with Crippen molar-refractivity contribution < 1.29 is 19.1 Å². The molecule has 0 radical (unpaired) electrons. The summed E-state index contributed by atoms with van der Waals surface area (Å²) < 4.78 is 5.39. The minimum atomic E-state index is -0.591. The predicted molar refractivity (Wildman–Crippen MR) is 112 cm³/mol. The van der Waals surface area contributed by atoms with Crippen LogP contribution in [0.2, 0.25) is 0 Å². The average Bonchev–Trinajstić information content (AvgIpc) is 3.35. The highest BCUT2D eigenvalue weighted by molar-refractivity contribution is 7.17. The number of rotatable bonds is 6. The molecule has 2 aromatic rings. The van der Waals surface area contributed by atoms with Crippen LogP contribution in [-0.2, 0) is 14.3 Å². The normalized spacial score (nSPS) is 16.6. The van der Waals surface area contributed by atoms with Gasteiger partial charge in [-0.2, -0.15) is 0 Å². The fraction of sp³-hybridized carbons (Fsp3) is 0.450. The molecule has 2 amide bonds. The van der Waals surface area contributed by atoms with Crippen LogP contribution in [0.5, 0.6) is 0 Å². The van der Waals surface area contributed by atoms with Crippen LogP contribution in [0.4, 0.5) is 5.00 Å². The molecule has 3 heterocycles. The molecule has 3 rings (SSSR count). The summed E-state index contributed by atoms with van der Waals surface area (Å²) >= 11 is 2.78. The van der Waals surface area contributed by atoms with E-state index in [1.165, 1.54) is 29.6 Å². The lowest BCUT2D eigenvalue weighted by atomic mass is 10.00. The fourth-order valence-electron chi connectivity index (χ4n) is 3.46. The number of carbonyl (C=O) groups is 3. The second-order valence-electron chi connectivity index (χ2n) is 6.73. The lowest BCUT2D eigenvalue weighted by Crippen LogP contribution is -2.45. The third-order valence-corrected chi connectivity index (χ3v) is 6.62. The van der Waals surface area contributed by atoms with E-state index < -0.39 is 5.97 Å². The summed E-state index contributed by atoms with van der Waals surface area (Å²) in [6.45, 7) is 3.89. The highest BCUT2D eigenvalue weighted by atomic mass is 32.1. The monoisotopic (exact) mass is 420 g/mol. The molecule has 0 unspecified atom stereocenters. The van der Waals surface area contributed by atoms with E-state index in [1.807, 2.05) is 27.8 Å². The summed E-state index contributed by atoms with van der Waals surface area (Å²) in [5.41, 5.74) is 1.02. The number of amides is 2. The molecule has 150 valence electrons. The lowest BCUT2D eigenvalue weighted by Gasteiger charge is -2.35. The Morgan fingerprint density at radius 1 is 1.29 bits per heavy atom. The van der Waals surface area contributed by atoms with Gasteiger partial charge in [0, 0.05) is 35.3 Å². The van der Waals surface area contributed by atoms with Crippen molar-refractivity contribution in [1.29, 1.82) is 0 Å². The van der Waals surface area contributed by atoms with Crippen molar-refractivity contribution in [2.45, 2.75) is 45.6 Å². The number of carbonyl (C=O) groups excluding carboxylic acids is 3. The van der Waals surface area contributed by atoms with Crippen molar-refractivity contribution in [2.75, 3.05) is 18.5 Å². The molecule has 0 bridgehead atoms. The molecular weight excluding hydrogens is 396 g/mol. The molecule has 1 aliphatic rings. The Morgan fingerprint density at radius 2 is 2.11 bits per heavy atom. The van der Waals surface area contributed by atoms with Crippen molar-refractivity contribution in [1.82, 2.24) is 4.90 Å². The number of nitrogens with zero attached hydrogens (tertiary/aromatic N) is 1. The zero-order chi connectivity index (χ0) is 20.1. The van der Waals surface area contributed by atoms with Crippen LogP contribution in [0.15, 0.2) is 22.9 Å². The summed E-state index contributed by atoms with van der Waals surface area (Å²) in [5.74, 6) is -1.01. The molecule has 2 aromatic heterocycles. The topological polar surface area (TPSA) is 75.7 Å². The Bertz CT molecular complexity index is 845. The number of esters is 1. The van der Waals surface area contributed by atoms with Gasteiger partial charge in [0.25, 0.3) is 5.91 Å². The van der Waals surface area contributed by atoms with E-state index in [9.17, 15) is 14.4 Å². The minimum Gasteiger partial charge on any atom is -0.452 e. The van der Waals surface area contributed by atoms with Gasteiger partial charge in [0.15, 0.2) is 6.61 Å². The van der Waals surface area contributed by atoms with Gasteiger partial charge in [0.1, 0.15) is 10.6 Å². The summed E-state index contributed by atoms with van der Waals surface area (Å²) in [5, 5.41) is 6.88. The van der Waals surface area contributed by atoms with Gasteiger partial charge in [0.05, 0.1) is 0 Å². The fourth-order valence-corrected chi connectivity index (χ4v) is 5.28. The Labute approximate surface area is 172 Å². The van der Waals surface area contributed by atoms with Gasteiger partial charge in [-0.1, -0.05) is 13.0 Å². The number of hydrogen-bond acceptors (Lipinski definition) is 6.